The van der Waals surface area contributed by atoms with Crippen molar-refractivity contribution in [2.24, 2.45) is 0 Å². The van der Waals surface area contributed by atoms with Gasteiger partial charge in [0.15, 0.2) is 14.1 Å². The number of H-pyrrole nitrogens is 1. The molecule has 0 bridgehead atoms. The second-order valence-electron chi connectivity index (χ2n) is 8.25. The van der Waals surface area contributed by atoms with Gasteiger partial charge in [0.1, 0.15) is 12.3 Å². The van der Waals surface area contributed by atoms with Crippen molar-refractivity contribution >= 4 is 14.1 Å². The molecular formula is C17H28N2O5Si. The van der Waals surface area contributed by atoms with Gasteiger partial charge in [0.05, 0.1) is 6.10 Å². The average molecular weight is 369 g/mol. The fourth-order valence-corrected chi connectivity index (χ4v) is 3.97. The van der Waals surface area contributed by atoms with Gasteiger partial charge in [-0.15, -0.1) is 0 Å². The number of aryl methyl sites for hydroxylation is 1. The summed E-state index contributed by atoms with van der Waals surface area (Å²) in [5, 5.41) is -0.00215. The summed E-state index contributed by atoms with van der Waals surface area (Å²) in [5.41, 5.74) is -0.552. The minimum atomic E-state index is -2.10. The lowest BCUT2D eigenvalue weighted by Gasteiger charge is -2.39. The molecule has 0 spiro atoms. The first-order chi connectivity index (χ1) is 11.3. The lowest BCUT2D eigenvalue weighted by atomic mass is 10.1. The van der Waals surface area contributed by atoms with E-state index < -0.39 is 38.0 Å². The van der Waals surface area contributed by atoms with Gasteiger partial charge in [0, 0.05) is 18.2 Å². The Morgan fingerprint density at radius 1 is 1.36 bits per heavy atom. The number of hydrogen-bond donors (Lipinski definition) is 1. The van der Waals surface area contributed by atoms with Gasteiger partial charge in [-0.05, 0) is 32.0 Å². The lowest BCUT2D eigenvalue weighted by molar-refractivity contribution is -0.132. The van der Waals surface area contributed by atoms with Gasteiger partial charge >= 0.3 is 5.69 Å². The largest absolute Gasteiger partial charge is 0.411 e. The first-order valence-corrected chi connectivity index (χ1v) is 11.4. The molecule has 1 N–H and O–H groups in total. The quantitative estimate of drug-likeness (QED) is 0.822. The smallest absolute Gasteiger partial charge is 0.330 e. The number of rotatable bonds is 4. The van der Waals surface area contributed by atoms with Gasteiger partial charge in [-0.25, -0.2) is 4.79 Å². The zero-order chi connectivity index (χ0) is 19.2. The molecule has 2 rings (SSSR count). The van der Waals surface area contributed by atoms with Crippen LogP contribution in [0.4, 0.5) is 0 Å². The number of aromatic nitrogens is 2. The van der Waals surface area contributed by atoms with Crippen molar-refractivity contribution in [3.05, 3.63) is 32.6 Å². The van der Waals surface area contributed by atoms with Gasteiger partial charge in [0.25, 0.3) is 5.56 Å². The number of ether oxygens (including phenoxy) is 1. The predicted molar refractivity (Wildman–Crippen MR) is 97.3 cm³/mol. The highest BCUT2D eigenvalue weighted by molar-refractivity contribution is 6.74. The molecular weight excluding hydrogens is 340 g/mol. The molecule has 1 aromatic rings. The summed E-state index contributed by atoms with van der Waals surface area (Å²) >= 11 is 0. The molecule has 1 saturated heterocycles. The van der Waals surface area contributed by atoms with Gasteiger partial charge in [-0.2, -0.15) is 0 Å². The fraction of sp³-hybridized carbons (Fsp3) is 0.706. The zero-order valence-corrected chi connectivity index (χ0v) is 17.0. The summed E-state index contributed by atoms with van der Waals surface area (Å²) in [6.07, 6.45) is 0.118. The molecule has 1 fully saturated rings. The Morgan fingerprint density at radius 2 is 1.96 bits per heavy atom. The molecule has 0 aromatic carbocycles. The Hall–Kier alpha value is -1.51. The molecule has 2 heterocycles. The molecule has 25 heavy (non-hydrogen) atoms. The van der Waals surface area contributed by atoms with E-state index in [1.54, 1.807) is 6.92 Å². The minimum absolute atomic E-state index is 0.00215. The van der Waals surface area contributed by atoms with Gasteiger partial charge in [0.2, 0.25) is 0 Å². The zero-order valence-electron chi connectivity index (χ0n) is 16.0. The van der Waals surface area contributed by atoms with Crippen LogP contribution in [0.1, 0.15) is 45.9 Å². The van der Waals surface area contributed by atoms with Crippen LogP contribution in [-0.2, 0) is 14.0 Å². The normalized spacial score (nSPS) is 24.5. The van der Waals surface area contributed by atoms with Gasteiger partial charge < -0.3 is 9.16 Å². The molecule has 7 nitrogen and oxygen atoms in total. The van der Waals surface area contributed by atoms with Crippen LogP contribution in [0.25, 0.3) is 0 Å². The number of carbonyl (C=O) groups excluding carboxylic acids is 1. The first-order valence-electron chi connectivity index (χ1n) is 8.49. The maximum atomic E-state index is 12.1. The van der Waals surface area contributed by atoms with Crippen molar-refractivity contribution in [3.8, 4) is 0 Å². The number of ketones is 1. The van der Waals surface area contributed by atoms with E-state index in [2.05, 4.69) is 38.8 Å². The van der Waals surface area contributed by atoms with E-state index in [9.17, 15) is 14.4 Å². The van der Waals surface area contributed by atoms with Gasteiger partial charge in [-0.3, -0.25) is 19.1 Å². The third kappa shape index (κ3) is 4.01. The molecule has 0 saturated carbocycles. The van der Waals surface area contributed by atoms with E-state index >= 15 is 0 Å². The number of carbonyl (C=O) groups is 1. The molecule has 0 aliphatic carbocycles. The number of nitrogens with zero attached hydrogens (tertiary/aromatic N) is 1. The van der Waals surface area contributed by atoms with Crippen LogP contribution in [0.15, 0.2) is 15.8 Å². The maximum absolute atomic E-state index is 12.1. The van der Waals surface area contributed by atoms with E-state index in [-0.39, 0.29) is 10.8 Å². The molecule has 0 amide bonds. The number of hydrogen-bond acceptors (Lipinski definition) is 5. The summed E-state index contributed by atoms with van der Waals surface area (Å²) in [6.45, 7) is 13.7. The third-order valence-electron chi connectivity index (χ3n) is 5.18. The van der Waals surface area contributed by atoms with Crippen molar-refractivity contribution in [1.29, 1.82) is 0 Å². The van der Waals surface area contributed by atoms with E-state index in [4.69, 9.17) is 9.16 Å². The monoisotopic (exact) mass is 368 g/mol. The summed E-state index contributed by atoms with van der Waals surface area (Å²) < 4.78 is 13.6. The Kier molecular flexibility index (Phi) is 5.28. The van der Waals surface area contributed by atoms with E-state index in [0.29, 0.717) is 12.0 Å². The van der Waals surface area contributed by atoms with E-state index in [1.165, 1.54) is 17.7 Å². The summed E-state index contributed by atoms with van der Waals surface area (Å²) in [4.78, 5) is 38.0. The molecule has 1 aromatic heterocycles. The highest BCUT2D eigenvalue weighted by atomic mass is 28.4. The molecule has 1 aliphatic heterocycles. The predicted octanol–water partition coefficient (Wildman–Crippen LogP) is 2.11. The molecule has 0 radical (unpaired) electrons. The third-order valence-corrected chi connectivity index (χ3v) is 9.69. The van der Waals surface area contributed by atoms with Crippen LogP contribution in [0.5, 0.6) is 0 Å². The minimum Gasteiger partial charge on any atom is -0.411 e. The van der Waals surface area contributed by atoms with Crippen molar-refractivity contribution in [2.45, 2.75) is 77.6 Å². The van der Waals surface area contributed by atoms with Crippen LogP contribution < -0.4 is 11.2 Å². The van der Waals surface area contributed by atoms with Crippen LogP contribution in [-0.4, -0.2) is 35.9 Å². The summed E-state index contributed by atoms with van der Waals surface area (Å²) in [6, 6.07) is 0. The molecule has 3 atom stereocenters. The molecule has 140 valence electrons. The number of Topliss-reactive ketones (excluding diaryl/α,β-unsaturated/α-hetero) is 1. The summed E-state index contributed by atoms with van der Waals surface area (Å²) in [7, 11) is -2.10. The van der Waals surface area contributed by atoms with Gasteiger partial charge in [-0.1, -0.05) is 20.8 Å². The topological polar surface area (TPSA) is 90.4 Å². The van der Waals surface area contributed by atoms with Crippen LogP contribution in [0, 0.1) is 6.92 Å². The Balaban J connectivity index is 2.32. The van der Waals surface area contributed by atoms with Crippen molar-refractivity contribution < 1.29 is 14.0 Å². The molecule has 1 aliphatic rings. The standard InChI is InChI=1S/C17H28N2O5Si/c1-10-9-19(16(22)18-15(10)21)13-8-12(14(23-13)11(2)20)24-25(6,7)17(3,4)5/h9,12-14H,8H2,1-7H3,(H,18,21,22)/t12?,13?,14-/m1/s1. The van der Waals surface area contributed by atoms with E-state index in [0.717, 1.165) is 0 Å². The Morgan fingerprint density at radius 3 is 2.48 bits per heavy atom. The Labute approximate surface area is 148 Å². The fourth-order valence-electron chi connectivity index (χ4n) is 2.64. The van der Waals surface area contributed by atoms with Crippen molar-refractivity contribution in [3.63, 3.8) is 0 Å². The van der Waals surface area contributed by atoms with Crippen molar-refractivity contribution in [2.75, 3.05) is 0 Å². The van der Waals surface area contributed by atoms with Crippen LogP contribution in [0.3, 0.4) is 0 Å². The van der Waals surface area contributed by atoms with E-state index in [1.807, 2.05) is 0 Å². The van der Waals surface area contributed by atoms with Crippen molar-refractivity contribution in [1.82, 2.24) is 9.55 Å². The first kappa shape index (κ1) is 19.8. The number of nitrogens with one attached hydrogen (secondary N) is 1. The molecule has 2 unspecified atom stereocenters. The maximum Gasteiger partial charge on any atom is 0.330 e. The SMILES string of the molecule is CC(=O)[C@H]1OC(n2cc(C)c(=O)[nH]c2=O)CC1O[Si](C)(C)C(C)(C)C. The second-order valence-corrected chi connectivity index (χ2v) is 13.0. The summed E-state index contributed by atoms with van der Waals surface area (Å²) in [5.74, 6) is -0.125. The van der Waals surface area contributed by atoms with Crippen LogP contribution >= 0.6 is 0 Å². The second kappa shape index (κ2) is 6.66. The lowest BCUT2D eigenvalue weighted by Crippen LogP contribution is -2.47. The number of aromatic amines is 1. The highest BCUT2D eigenvalue weighted by Crippen LogP contribution is 2.41. The Bertz CT molecular complexity index is 774. The average Bonchev–Trinajstić information content (AvgIpc) is 2.84. The highest BCUT2D eigenvalue weighted by Gasteiger charge is 2.46. The van der Waals surface area contributed by atoms with Crippen LogP contribution in [0.2, 0.25) is 18.1 Å². The molecule has 8 heteroatoms.